The molecule has 0 aromatic heterocycles. The molecule has 0 amide bonds. The quantitative estimate of drug-likeness (QED) is 0.719. The molecule has 4 heteroatoms. The van der Waals surface area contributed by atoms with Gasteiger partial charge < -0.3 is 14.2 Å². The van der Waals surface area contributed by atoms with E-state index in [1.807, 2.05) is 45.0 Å². The van der Waals surface area contributed by atoms with Gasteiger partial charge in [-0.1, -0.05) is 28.1 Å². The molecule has 96 valence electrons. The Hall–Kier alpha value is -0.420. The van der Waals surface area contributed by atoms with E-state index in [1.165, 1.54) is 0 Å². The van der Waals surface area contributed by atoms with Gasteiger partial charge >= 0.3 is 5.97 Å². The summed E-state index contributed by atoms with van der Waals surface area (Å²) in [5.74, 6) is -1.11. The van der Waals surface area contributed by atoms with Crippen molar-refractivity contribution in [2.24, 2.45) is 0 Å². The first-order chi connectivity index (χ1) is 8.20. The van der Waals surface area contributed by atoms with Crippen molar-refractivity contribution in [1.29, 1.82) is 0 Å². The molecule has 0 aliphatic rings. The van der Waals surface area contributed by atoms with Gasteiger partial charge in [0.25, 0.3) is 0 Å². The third-order valence-corrected chi connectivity index (χ3v) is 2.90. The number of rotatable bonds is 7. The van der Waals surface area contributed by atoms with Crippen LogP contribution < -0.4 is 0 Å². The maximum Gasteiger partial charge on any atom is 0.313 e. The van der Waals surface area contributed by atoms with Crippen molar-refractivity contribution < 1.29 is 14.2 Å². The standard InChI is InChI=1S/C13H19BrO3/c1-4-15-13(16-5-2,17-6-3)11-9-7-8-10-12(11)14/h7-10H,4-6H2,1-3H3. The van der Waals surface area contributed by atoms with Gasteiger partial charge in [0, 0.05) is 24.3 Å². The first-order valence-electron chi connectivity index (χ1n) is 5.87. The van der Waals surface area contributed by atoms with Crippen LogP contribution in [0.15, 0.2) is 28.7 Å². The van der Waals surface area contributed by atoms with E-state index in [1.54, 1.807) is 0 Å². The highest BCUT2D eigenvalue weighted by atomic mass is 79.9. The van der Waals surface area contributed by atoms with Crippen molar-refractivity contribution in [1.82, 2.24) is 0 Å². The summed E-state index contributed by atoms with van der Waals surface area (Å²) in [6.07, 6.45) is 0. The maximum atomic E-state index is 5.70. The fraction of sp³-hybridized carbons (Fsp3) is 0.538. The second-order valence-corrected chi connectivity index (χ2v) is 4.19. The molecule has 0 bridgehead atoms. The van der Waals surface area contributed by atoms with E-state index in [0.717, 1.165) is 10.0 Å². The highest BCUT2D eigenvalue weighted by molar-refractivity contribution is 9.10. The van der Waals surface area contributed by atoms with Crippen molar-refractivity contribution >= 4 is 15.9 Å². The second kappa shape index (κ2) is 7.11. The van der Waals surface area contributed by atoms with E-state index >= 15 is 0 Å². The summed E-state index contributed by atoms with van der Waals surface area (Å²) in [6, 6.07) is 7.76. The van der Waals surface area contributed by atoms with Crippen molar-refractivity contribution in [2.45, 2.75) is 26.7 Å². The molecule has 1 aromatic rings. The molecule has 17 heavy (non-hydrogen) atoms. The first kappa shape index (κ1) is 14.6. The minimum Gasteiger partial charge on any atom is -0.324 e. The molecular formula is C13H19BrO3. The van der Waals surface area contributed by atoms with E-state index < -0.39 is 5.97 Å². The lowest BCUT2D eigenvalue weighted by Gasteiger charge is -2.33. The van der Waals surface area contributed by atoms with Crippen LogP contribution >= 0.6 is 15.9 Å². The second-order valence-electron chi connectivity index (χ2n) is 3.34. The highest BCUT2D eigenvalue weighted by Crippen LogP contribution is 2.34. The normalized spacial score (nSPS) is 11.8. The third-order valence-electron chi connectivity index (χ3n) is 2.21. The molecule has 0 fully saturated rings. The van der Waals surface area contributed by atoms with Gasteiger partial charge in [-0.05, 0) is 32.9 Å². The van der Waals surface area contributed by atoms with Crippen LogP contribution in [-0.2, 0) is 20.2 Å². The Morgan fingerprint density at radius 1 is 0.941 bits per heavy atom. The monoisotopic (exact) mass is 302 g/mol. The molecule has 0 radical (unpaired) electrons. The fourth-order valence-electron chi connectivity index (χ4n) is 1.64. The molecule has 0 unspecified atom stereocenters. The average Bonchev–Trinajstić information content (AvgIpc) is 2.30. The number of benzene rings is 1. The predicted molar refractivity (Wildman–Crippen MR) is 70.7 cm³/mol. The Morgan fingerprint density at radius 2 is 1.41 bits per heavy atom. The van der Waals surface area contributed by atoms with Crippen LogP contribution in [0.25, 0.3) is 0 Å². The van der Waals surface area contributed by atoms with Crippen molar-refractivity contribution in [3.05, 3.63) is 34.3 Å². The van der Waals surface area contributed by atoms with Gasteiger partial charge in [0.15, 0.2) is 0 Å². The van der Waals surface area contributed by atoms with E-state index in [2.05, 4.69) is 15.9 Å². The van der Waals surface area contributed by atoms with Gasteiger partial charge in [-0.25, -0.2) is 0 Å². The zero-order valence-corrected chi connectivity index (χ0v) is 12.1. The van der Waals surface area contributed by atoms with Crippen LogP contribution in [0.2, 0.25) is 0 Å². The molecule has 0 saturated carbocycles. The fourth-order valence-corrected chi connectivity index (χ4v) is 2.17. The van der Waals surface area contributed by atoms with Crippen LogP contribution in [0, 0.1) is 0 Å². The zero-order chi connectivity index (χ0) is 12.7. The van der Waals surface area contributed by atoms with Crippen LogP contribution in [0.1, 0.15) is 26.3 Å². The minimum atomic E-state index is -1.11. The lowest BCUT2D eigenvalue weighted by molar-refractivity contribution is -0.389. The average molecular weight is 303 g/mol. The summed E-state index contributed by atoms with van der Waals surface area (Å²) in [7, 11) is 0. The van der Waals surface area contributed by atoms with Crippen LogP contribution in [0.3, 0.4) is 0 Å². The molecule has 0 aliphatic carbocycles. The first-order valence-corrected chi connectivity index (χ1v) is 6.66. The smallest absolute Gasteiger partial charge is 0.313 e. The van der Waals surface area contributed by atoms with E-state index in [4.69, 9.17) is 14.2 Å². The van der Waals surface area contributed by atoms with Gasteiger partial charge in [0.05, 0.1) is 5.56 Å². The van der Waals surface area contributed by atoms with Crippen LogP contribution in [-0.4, -0.2) is 19.8 Å². The van der Waals surface area contributed by atoms with Crippen LogP contribution in [0.4, 0.5) is 0 Å². The summed E-state index contributed by atoms with van der Waals surface area (Å²) in [4.78, 5) is 0. The van der Waals surface area contributed by atoms with E-state index in [-0.39, 0.29) is 0 Å². The lowest BCUT2D eigenvalue weighted by atomic mass is 10.2. The Morgan fingerprint density at radius 3 is 1.82 bits per heavy atom. The molecule has 0 saturated heterocycles. The van der Waals surface area contributed by atoms with Gasteiger partial charge in [-0.15, -0.1) is 0 Å². The summed E-state index contributed by atoms with van der Waals surface area (Å²) in [6.45, 7) is 7.31. The topological polar surface area (TPSA) is 27.7 Å². The number of ether oxygens (including phenoxy) is 3. The number of hydrogen-bond donors (Lipinski definition) is 0. The zero-order valence-electron chi connectivity index (χ0n) is 10.5. The van der Waals surface area contributed by atoms with Crippen molar-refractivity contribution in [3.63, 3.8) is 0 Å². The Bertz CT molecular complexity index is 324. The van der Waals surface area contributed by atoms with E-state index in [0.29, 0.717) is 19.8 Å². The summed E-state index contributed by atoms with van der Waals surface area (Å²) >= 11 is 3.50. The van der Waals surface area contributed by atoms with Gasteiger partial charge in [0.1, 0.15) is 0 Å². The summed E-state index contributed by atoms with van der Waals surface area (Å²) in [5, 5.41) is 0. The molecule has 1 rings (SSSR count). The molecule has 0 spiro atoms. The van der Waals surface area contributed by atoms with Gasteiger partial charge in [-0.2, -0.15) is 0 Å². The molecule has 0 heterocycles. The molecule has 0 N–H and O–H groups in total. The SMILES string of the molecule is CCOC(OCC)(OCC)c1ccccc1Br. The molecular weight excluding hydrogens is 284 g/mol. The summed E-state index contributed by atoms with van der Waals surface area (Å²) in [5.41, 5.74) is 0.852. The molecule has 0 atom stereocenters. The minimum absolute atomic E-state index is 0.515. The number of halogens is 1. The largest absolute Gasteiger partial charge is 0.324 e. The maximum absolute atomic E-state index is 5.70. The van der Waals surface area contributed by atoms with Crippen molar-refractivity contribution in [2.75, 3.05) is 19.8 Å². The molecule has 1 aromatic carbocycles. The lowest BCUT2D eigenvalue weighted by Crippen LogP contribution is -2.37. The van der Waals surface area contributed by atoms with E-state index in [9.17, 15) is 0 Å². The molecule has 0 aliphatic heterocycles. The third kappa shape index (κ3) is 3.52. The van der Waals surface area contributed by atoms with Crippen LogP contribution in [0.5, 0.6) is 0 Å². The van der Waals surface area contributed by atoms with Gasteiger partial charge in [0.2, 0.25) is 0 Å². The Balaban J connectivity index is 3.14. The Labute approximate surface area is 111 Å². The molecule has 3 nitrogen and oxygen atoms in total. The Kier molecular flexibility index (Phi) is 6.12. The predicted octanol–water partition coefficient (Wildman–Crippen LogP) is 3.67. The summed E-state index contributed by atoms with van der Waals surface area (Å²) < 4.78 is 18.0. The van der Waals surface area contributed by atoms with Gasteiger partial charge in [-0.3, -0.25) is 0 Å². The highest BCUT2D eigenvalue weighted by Gasteiger charge is 2.36. The number of hydrogen-bond acceptors (Lipinski definition) is 3. The van der Waals surface area contributed by atoms with Crippen molar-refractivity contribution in [3.8, 4) is 0 Å².